The predicted molar refractivity (Wildman–Crippen MR) is 67.9 cm³/mol. The Kier molecular flexibility index (Phi) is 4.35. The summed E-state index contributed by atoms with van der Waals surface area (Å²) in [6.07, 6.45) is 0.643. The maximum atomic E-state index is 11.8. The quantitative estimate of drug-likeness (QED) is 0.613. The van der Waals surface area contributed by atoms with Crippen molar-refractivity contribution < 1.29 is 14.3 Å². The summed E-state index contributed by atoms with van der Waals surface area (Å²) in [5.74, 6) is -0.933. The Hall–Kier alpha value is -1.64. The van der Waals surface area contributed by atoms with Crippen molar-refractivity contribution in [3.8, 4) is 6.07 Å². The largest absolute Gasteiger partial charge is 0.464 e. The van der Waals surface area contributed by atoms with E-state index < -0.39 is 5.97 Å². The first-order chi connectivity index (χ1) is 9.17. The number of aromatic nitrogens is 1. The normalized spacial score (nSPS) is 22.6. The lowest BCUT2D eigenvalue weighted by atomic mass is 9.83. The molecule has 0 radical (unpaired) electrons. The van der Waals surface area contributed by atoms with Crippen LogP contribution in [-0.4, -0.2) is 31.3 Å². The minimum absolute atomic E-state index is 0.158. The summed E-state index contributed by atoms with van der Waals surface area (Å²) >= 11 is 5.81. The number of esters is 1. The number of ether oxygens (including phenoxy) is 2. The SMILES string of the molecule is COC(=O)c1nc(Cl)ccc1C1COCCC1C#N. The molecule has 1 aliphatic rings. The van der Waals surface area contributed by atoms with Gasteiger partial charge in [-0.05, 0) is 18.1 Å². The van der Waals surface area contributed by atoms with E-state index in [1.54, 1.807) is 12.1 Å². The molecule has 6 heteroatoms. The van der Waals surface area contributed by atoms with Gasteiger partial charge in [-0.1, -0.05) is 17.7 Å². The first-order valence-electron chi connectivity index (χ1n) is 5.89. The Balaban J connectivity index is 2.43. The van der Waals surface area contributed by atoms with Gasteiger partial charge >= 0.3 is 5.97 Å². The molecule has 100 valence electrons. The Morgan fingerprint density at radius 1 is 1.63 bits per heavy atom. The number of carbonyl (C=O) groups excluding carboxylic acids is 1. The second-order valence-corrected chi connectivity index (χ2v) is 4.66. The second kappa shape index (κ2) is 6.00. The smallest absolute Gasteiger partial charge is 0.357 e. The summed E-state index contributed by atoms with van der Waals surface area (Å²) in [5.41, 5.74) is 0.813. The Bertz CT molecular complexity index is 527. The molecule has 0 aliphatic carbocycles. The van der Waals surface area contributed by atoms with Crippen LogP contribution in [0.4, 0.5) is 0 Å². The van der Waals surface area contributed by atoms with Crippen molar-refractivity contribution in [1.82, 2.24) is 4.98 Å². The van der Waals surface area contributed by atoms with Gasteiger partial charge in [-0.15, -0.1) is 0 Å². The average molecular weight is 281 g/mol. The third-order valence-corrected chi connectivity index (χ3v) is 3.40. The molecule has 2 atom stereocenters. The van der Waals surface area contributed by atoms with Crippen molar-refractivity contribution >= 4 is 17.6 Å². The molecule has 5 nitrogen and oxygen atoms in total. The summed E-state index contributed by atoms with van der Waals surface area (Å²) < 4.78 is 10.1. The highest BCUT2D eigenvalue weighted by Gasteiger charge is 2.31. The second-order valence-electron chi connectivity index (χ2n) is 4.27. The monoisotopic (exact) mass is 280 g/mol. The zero-order chi connectivity index (χ0) is 13.8. The van der Waals surface area contributed by atoms with Gasteiger partial charge in [0, 0.05) is 12.5 Å². The van der Waals surface area contributed by atoms with Crippen LogP contribution < -0.4 is 0 Å². The molecule has 1 aromatic heterocycles. The van der Waals surface area contributed by atoms with Gasteiger partial charge in [0.05, 0.1) is 25.7 Å². The van der Waals surface area contributed by atoms with Crippen molar-refractivity contribution in [3.05, 3.63) is 28.5 Å². The van der Waals surface area contributed by atoms with Crippen molar-refractivity contribution in [3.63, 3.8) is 0 Å². The van der Waals surface area contributed by atoms with Crippen molar-refractivity contribution in [2.45, 2.75) is 12.3 Å². The van der Waals surface area contributed by atoms with Gasteiger partial charge in [-0.2, -0.15) is 5.26 Å². The number of nitriles is 1. The van der Waals surface area contributed by atoms with Gasteiger partial charge in [-0.25, -0.2) is 9.78 Å². The third-order valence-electron chi connectivity index (χ3n) is 3.19. The molecular weight excluding hydrogens is 268 g/mol. The van der Waals surface area contributed by atoms with Crippen LogP contribution >= 0.6 is 11.6 Å². The molecule has 0 N–H and O–H groups in total. The highest BCUT2D eigenvalue weighted by molar-refractivity contribution is 6.29. The minimum Gasteiger partial charge on any atom is -0.464 e. The molecule has 1 fully saturated rings. The Labute approximate surface area is 116 Å². The van der Waals surface area contributed by atoms with E-state index in [4.69, 9.17) is 21.1 Å². The van der Waals surface area contributed by atoms with E-state index in [1.165, 1.54) is 7.11 Å². The standard InChI is InChI=1S/C13H13ClN2O3/c1-18-13(17)12-9(2-3-11(14)16-12)10-7-19-5-4-8(10)6-15/h2-3,8,10H,4-5,7H2,1H3. The molecule has 0 spiro atoms. The number of methoxy groups -OCH3 is 1. The molecule has 1 aromatic rings. The molecule has 2 unspecified atom stereocenters. The van der Waals surface area contributed by atoms with Crippen LogP contribution in [0.3, 0.4) is 0 Å². The topological polar surface area (TPSA) is 72.2 Å². The third kappa shape index (κ3) is 2.86. The maximum absolute atomic E-state index is 11.8. The number of carbonyl (C=O) groups is 1. The highest BCUT2D eigenvalue weighted by Crippen LogP contribution is 2.33. The lowest BCUT2D eigenvalue weighted by Gasteiger charge is -2.28. The van der Waals surface area contributed by atoms with E-state index in [2.05, 4.69) is 11.1 Å². The maximum Gasteiger partial charge on any atom is 0.357 e. The average Bonchev–Trinajstić information content (AvgIpc) is 2.46. The zero-order valence-electron chi connectivity index (χ0n) is 10.4. The number of halogens is 1. The summed E-state index contributed by atoms with van der Waals surface area (Å²) in [6.45, 7) is 0.953. The van der Waals surface area contributed by atoms with Crippen LogP contribution in [-0.2, 0) is 9.47 Å². The predicted octanol–water partition coefficient (Wildman–Crippen LogP) is 2.17. The molecule has 19 heavy (non-hydrogen) atoms. The van der Waals surface area contributed by atoms with E-state index >= 15 is 0 Å². The van der Waals surface area contributed by atoms with Gasteiger partial charge < -0.3 is 9.47 Å². The van der Waals surface area contributed by atoms with E-state index in [9.17, 15) is 10.1 Å². The summed E-state index contributed by atoms with van der Waals surface area (Å²) in [5, 5.41) is 9.41. The minimum atomic E-state index is -0.556. The number of nitrogens with zero attached hydrogens (tertiary/aromatic N) is 2. The first kappa shape index (κ1) is 13.8. The van der Waals surface area contributed by atoms with E-state index in [0.29, 0.717) is 25.2 Å². The fourth-order valence-corrected chi connectivity index (χ4v) is 2.35. The molecule has 2 rings (SSSR count). The summed E-state index contributed by atoms with van der Waals surface area (Å²) in [7, 11) is 1.29. The van der Waals surface area contributed by atoms with Crippen LogP contribution in [0.1, 0.15) is 28.4 Å². The van der Waals surface area contributed by atoms with E-state index in [-0.39, 0.29) is 22.7 Å². The fourth-order valence-electron chi connectivity index (χ4n) is 2.20. The molecule has 2 heterocycles. The molecule has 0 aromatic carbocycles. The lowest BCUT2D eigenvalue weighted by molar-refractivity contribution is 0.0553. The molecule has 0 saturated carbocycles. The number of hydrogen-bond donors (Lipinski definition) is 0. The van der Waals surface area contributed by atoms with E-state index in [1.807, 2.05) is 0 Å². The number of rotatable bonds is 2. The van der Waals surface area contributed by atoms with Crippen LogP contribution in [0.2, 0.25) is 5.15 Å². The van der Waals surface area contributed by atoms with Gasteiger partial charge in [-0.3, -0.25) is 0 Å². The molecule has 0 bridgehead atoms. The number of pyridine rings is 1. The fraction of sp³-hybridized carbons (Fsp3) is 0.462. The summed E-state index contributed by atoms with van der Waals surface area (Å²) in [6, 6.07) is 5.58. The summed E-state index contributed by atoms with van der Waals surface area (Å²) in [4.78, 5) is 15.8. The van der Waals surface area contributed by atoms with Crippen LogP contribution in [0.25, 0.3) is 0 Å². The van der Waals surface area contributed by atoms with Crippen LogP contribution in [0.5, 0.6) is 0 Å². The highest BCUT2D eigenvalue weighted by atomic mass is 35.5. The Morgan fingerprint density at radius 3 is 3.11 bits per heavy atom. The van der Waals surface area contributed by atoms with Crippen LogP contribution in [0.15, 0.2) is 12.1 Å². The van der Waals surface area contributed by atoms with E-state index in [0.717, 1.165) is 0 Å². The number of hydrogen-bond acceptors (Lipinski definition) is 5. The van der Waals surface area contributed by atoms with Gasteiger partial charge in [0.1, 0.15) is 5.15 Å². The van der Waals surface area contributed by atoms with Gasteiger partial charge in [0.2, 0.25) is 0 Å². The van der Waals surface area contributed by atoms with Gasteiger partial charge in [0.15, 0.2) is 5.69 Å². The van der Waals surface area contributed by atoms with Gasteiger partial charge in [0.25, 0.3) is 0 Å². The first-order valence-corrected chi connectivity index (χ1v) is 6.27. The molecule has 0 amide bonds. The zero-order valence-corrected chi connectivity index (χ0v) is 11.2. The van der Waals surface area contributed by atoms with Crippen molar-refractivity contribution in [1.29, 1.82) is 5.26 Å². The molecule has 1 aliphatic heterocycles. The van der Waals surface area contributed by atoms with Crippen molar-refractivity contribution in [2.75, 3.05) is 20.3 Å². The van der Waals surface area contributed by atoms with Crippen molar-refractivity contribution in [2.24, 2.45) is 5.92 Å². The Morgan fingerprint density at radius 2 is 2.42 bits per heavy atom. The lowest BCUT2D eigenvalue weighted by Crippen LogP contribution is -2.27. The molecule has 1 saturated heterocycles. The molecular formula is C13H13ClN2O3. The van der Waals surface area contributed by atoms with Crippen LogP contribution in [0, 0.1) is 17.2 Å².